The van der Waals surface area contributed by atoms with E-state index < -0.39 is 17.5 Å². The number of ketones is 5. The zero-order chi connectivity index (χ0) is 42.3. The summed E-state index contributed by atoms with van der Waals surface area (Å²) < 4.78 is 0. The molecular weight excluding hydrogens is 724 g/mol. The van der Waals surface area contributed by atoms with Crippen LogP contribution >= 0.6 is 0 Å². The summed E-state index contributed by atoms with van der Waals surface area (Å²) >= 11 is 0. The van der Waals surface area contributed by atoms with Gasteiger partial charge in [-0.2, -0.15) is 0 Å². The van der Waals surface area contributed by atoms with Gasteiger partial charge in [-0.15, -0.1) is 0 Å². The third kappa shape index (κ3) is 19.2. The second-order valence-electron chi connectivity index (χ2n) is 13.8. The van der Waals surface area contributed by atoms with Crippen LogP contribution in [0.25, 0.3) is 0 Å². The Morgan fingerprint density at radius 3 is 1.34 bits per heavy atom. The summed E-state index contributed by atoms with van der Waals surface area (Å²) in [5.41, 5.74) is 2.67. The van der Waals surface area contributed by atoms with E-state index in [9.17, 15) is 28.8 Å². The number of rotatable bonds is 15. The highest BCUT2D eigenvalue weighted by molar-refractivity contribution is 6.01. The van der Waals surface area contributed by atoms with Crippen LogP contribution in [0.3, 0.4) is 0 Å². The van der Waals surface area contributed by atoms with Gasteiger partial charge in [-0.3, -0.25) is 24.0 Å². The Morgan fingerprint density at radius 1 is 0.589 bits per heavy atom. The van der Waals surface area contributed by atoms with Crippen molar-refractivity contribution in [3.8, 4) is 0 Å². The van der Waals surface area contributed by atoms with Gasteiger partial charge in [-0.1, -0.05) is 13.8 Å². The number of aliphatic hydroxyl groups is 1. The quantitative estimate of drug-likeness (QED) is 0.0749. The first-order valence-corrected chi connectivity index (χ1v) is 17.6. The Kier molecular flexibility index (Phi) is 20.7. The number of carbonyl (C=O) groups excluding carboxylic acids is 5. The summed E-state index contributed by atoms with van der Waals surface area (Å²) in [5.74, 6) is -1.12. The number of aliphatic carboxylic acids is 1. The topological polar surface area (TPSA) is 286 Å². The molecule has 0 unspecified atom stereocenters. The molecule has 0 saturated heterocycles. The van der Waals surface area contributed by atoms with Gasteiger partial charge in [0.15, 0.2) is 5.78 Å². The Morgan fingerprint density at radius 2 is 1.00 bits per heavy atom. The maximum atomic E-state index is 11.2. The number of H-pyrrole nitrogens is 5. The number of carbonyl (C=O) groups is 6. The minimum atomic E-state index is -1.37. The number of carboxylic acid groups (broad SMARTS) is 1. The van der Waals surface area contributed by atoms with Crippen molar-refractivity contribution in [1.29, 1.82) is 0 Å². The summed E-state index contributed by atoms with van der Waals surface area (Å²) in [4.78, 5) is 98.2. The van der Waals surface area contributed by atoms with Crippen molar-refractivity contribution < 1.29 is 39.0 Å². The molecule has 5 aromatic heterocycles. The molecule has 0 saturated carbocycles. The number of aromatic amines is 5. The number of nitrogens with zero attached hydrogens (tertiary/aromatic N) is 5. The Hall–Kier alpha value is -6.17. The Balaban J connectivity index is 0.000000353. The van der Waals surface area contributed by atoms with E-state index in [1.165, 1.54) is 39.6 Å². The smallest absolute Gasteiger partial charge is 0.317 e. The van der Waals surface area contributed by atoms with E-state index in [0.717, 1.165) is 35.6 Å². The second-order valence-corrected chi connectivity index (χ2v) is 13.8. The fourth-order valence-corrected chi connectivity index (χ4v) is 4.22. The van der Waals surface area contributed by atoms with Gasteiger partial charge < -0.3 is 39.9 Å². The molecular formula is C38H54N10O8. The van der Waals surface area contributed by atoms with Crippen LogP contribution in [0.2, 0.25) is 0 Å². The zero-order valence-electron chi connectivity index (χ0n) is 33.2. The molecule has 2 atom stereocenters. The van der Waals surface area contributed by atoms with Crippen molar-refractivity contribution in [2.45, 2.75) is 100 Å². The molecule has 0 fully saturated rings. The number of aryl methyl sites for hydroxylation is 1. The molecule has 56 heavy (non-hydrogen) atoms. The van der Waals surface area contributed by atoms with Gasteiger partial charge in [0.1, 0.15) is 34.7 Å². The number of hydrogen-bond donors (Lipinski definition) is 7. The van der Waals surface area contributed by atoms with Gasteiger partial charge in [0, 0.05) is 97.0 Å². The monoisotopic (exact) mass is 778 g/mol. The number of aliphatic hydroxyl groups excluding tert-OH is 1. The predicted molar refractivity (Wildman–Crippen MR) is 205 cm³/mol. The fraction of sp³-hybridized carbons (Fsp3) is 0.447. The van der Waals surface area contributed by atoms with Gasteiger partial charge in [0.25, 0.3) is 0 Å². The van der Waals surface area contributed by atoms with Crippen LogP contribution in [0.4, 0.5) is 0 Å². The highest BCUT2D eigenvalue weighted by Crippen LogP contribution is 2.23. The van der Waals surface area contributed by atoms with E-state index in [2.05, 4.69) is 49.8 Å². The van der Waals surface area contributed by atoms with Crippen LogP contribution < -0.4 is 0 Å². The average Bonchev–Trinajstić information content (AvgIpc) is 3.96. The first kappa shape index (κ1) is 47.9. The van der Waals surface area contributed by atoms with Crippen LogP contribution in [0.1, 0.15) is 90.3 Å². The Bertz CT molecular complexity index is 1850. The minimum Gasteiger partial charge on any atom is -0.480 e. The minimum absolute atomic E-state index is 0.137. The summed E-state index contributed by atoms with van der Waals surface area (Å²) in [5, 5.41) is 18.0. The highest BCUT2D eigenvalue weighted by atomic mass is 16.4. The lowest BCUT2D eigenvalue weighted by Crippen LogP contribution is -2.37. The van der Waals surface area contributed by atoms with Gasteiger partial charge >= 0.3 is 5.97 Å². The first-order valence-electron chi connectivity index (χ1n) is 17.6. The lowest BCUT2D eigenvalue weighted by Gasteiger charge is -2.20. The van der Waals surface area contributed by atoms with Crippen molar-refractivity contribution in [2.24, 2.45) is 10.8 Å². The van der Waals surface area contributed by atoms with Gasteiger partial charge in [0.05, 0.1) is 31.6 Å². The van der Waals surface area contributed by atoms with E-state index in [1.54, 1.807) is 64.5 Å². The van der Waals surface area contributed by atoms with Crippen LogP contribution in [0.15, 0.2) is 62.6 Å². The summed E-state index contributed by atoms with van der Waals surface area (Å²) in [7, 11) is 0. The number of nitrogens with one attached hydrogen (secondary N) is 5. The molecule has 0 bridgehead atoms. The molecule has 18 nitrogen and oxygen atoms in total. The SMILES string of the molecule is CC(=O)C(C)(C)Cc1cnc[nH]1.CC(=O)CCc1cnc[nH]1.CC(=O)Cc1cnc[nH]1.CC(=O)[C@@H](O)Cc1cnc[nH]1.CC(=O)[C@](C)(Cc1cnc[nH]1)C(=O)O. The van der Waals surface area contributed by atoms with Crippen molar-refractivity contribution >= 4 is 34.9 Å². The lowest BCUT2D eigenvalue weighted by molar-refractivity contribution is -0.153. The average molecular weight is 779 g/mol. The molecule has 5 rings (SSSR count). The lowest BCUT2D eigenvalue weighted by atomic mass is 9.82. The third-order valence-corrected chi connectivity index (χ3v) is 8.22. The van der Waals surface area contributed by atoms with E-state index in [0.29, 0.717) is 25.0 Å². The maximum Gasteiger partial charge on any atom is 0.317 e. The second kappa shape index (κ2) is 24.3. The first-order chi connectivity index (χ1) is 26.3. The van der Waals surface area contributed by atoms with Crippen LogP contribution in [-0.2, 0) is 60.9 Å². The van der Waals surface area contributed by atoms with Crippen molar-refractivity contribution in [3.05, 3.63) is 91.1 Å². The number of carboxylic acids is 1. The maximum absolute atomic E-state index is 11.2. The molecule has 0 radical (unpaired) electrons. The Labute approximate surface area is 325 Å². The molecule has 7 N–H and O–H groups in total. The van der Waals surface area contributed by atoms with Gasteiger partial charge in [-0.05, 0) is 48.0 Å². The van der Waals surface area contributed by atoms with Crippen molar-refractivity contribution in [3.63, 3.8) is 0 Å². The van der Waals surface area contributed by atoms with E-state index >= 15 is 0 Å². The molecule has 18 heteroatoms. The third-order valence-electron chi connectivity index (χ3n) is 8.22. The standard InChI is InChI=1S/C9H12N2O3.C9H14N2O.C7H10N2O2.C7H10N2O.C6H8N2O/c1-6(12)9(2,8(13)14)3-7-4-10-5-11-7;1-7(12)9(2,3)4-8-5-10-6-11-8;1-5(10)7(11)2-6-3-8-4-9-6;1-6(10)2-3-7-4-8-5-9-7;1-5(9)2-6-3-7-4-8-6/h4-5H,3H2,1-2H3,(H,10,11)(H,13,14);5-6H,4H2,1-3H3,(H,10,11);3-4,7,11H,2H2,1H3,(H,8,9);4-5H,2-3H2,1H3,(H,8,9);3-4H,2H2,1H3,(H,7,8)/t9-;;7-;;/m0.0../s1. The highest BCUT2D eigenvalue weighted by Gasteiger charge is 2.38. The number of Topliss-reactive ketones (excluding diaryl/α,β-unsaturated/α-hetero) is 5. The van der Waals surface area contributed by atoms with Gasteiger partial charge in [0.2, 0.25) is 0 Å². The molecule has 0 aliphatic heterocycles. The molecule has 0 amide bonds. The largest absolute Gasteiger partial charge is 0.480 e. The summed E-state index contributed by atoms with van der Waals surface area (Å²) in [6.45, 7) is 12.7. The summed E-state index contributed by atoms with van der Waals surface area (Å²) in [6, 6.07) is 0. The molecule has 304 valence electrons. The number of aromatic nitrogens is 10. The van der Waals surface area contributed by atoms with Gasteiger partial charge in [-0.25, -0.2) is 24.9 Å². The fourth-order valence-electron chi connectivity index (χ4n) is 4.22. The predicted octanol–water partition coefficient (Wildman–Crippen LogP) is 3.57. The molecule has 0 aliphatic rings. The van der Waals surface area contributed by atoms with Crippen LogP contribution in [0.5, 0.6) is 0 Å². The zero-order valence-corrected chi connectivity index (χ0v) is 33.2. The van der Waals surface area contributed by atoms with E-state index in [4.69, 9.17) is 10.2 Å². The number of imidazole rings is 5. The number of hydrogen-bond acceptors (Lipinski definition) is 12. The van der Waals surface area contributed by atoms with Crippen molar-refractivity contribution in [1.82, 2.24) is 49.8 Å². The summed E-state index contributed by atoms with van der Waals surface area (Å²) in [6.07, 6.45) is 18.1. The van der Waals surface area contributed by atoms with Crippen LogP contribution in [0, 0.1) is 10.8 Å². The molecule has 5 aromatic rings. The van der Waals surface area contributed by atoms with Crippen molar-refractivity contribution in [2.75, 3.05) is 0 Å². The molecule has 0 aliphatic carbocycles. The molecule has 0 aromatic carbocycles. The molecule has 5 heterocycles. The van der Waals surface area contributed by atoms with E-state index in [1.807, 2.05) is 13.8 Å². The van der Waals surface area contributed by atoms with E-state index in [-0.39, 0.29) is 40.8 Å². The van der Waals surface area contributed by atoms with Crippen LogP contribution in [-0.4, -0.2) is 101 Å². The normalized spacial score (nSPS) is 11.9. The molecule has 0 spiro atoms.